The molecule has 1 amide bonds. The van der Waals surface area contributed by atoms with Crippen molar-refractivity contribution in [2.24, 2.45) is 0 Å². The molecule has 1 aromatic heterocycles. The Kier molecular flexibility index (Phi) is 5.32. The summed E-state index contributed by atoms with van der Waals surface area (Å²) < 4.78 is 10.6. The number of amides is 1. The van der Waals surface area contributed by atoms with Crippen molar-refractivity contribution in [3.05, 3.63) is 39.7 Å². The number of carbonyl (C=O) groups excluding carboxylic acids is 1. The standard InChI is InChI=1S/C19H25NO4/c1-6-19(3,4)20-17(21)10-9-15-12(2)14-8-7-13(23-5)11-16(14)24-18(15)22/h7-8,11H,6,9-10H2,1-5H3,(H,20,21). The van der Waals surface area contributed by atoms with Crippen LogP contribution in [-0.2, 0) is 11.2 Å². The van der Waals surface area contributed by atoms with Gasteiger partial charge in [0.05, 0.1) is 7.11 Å². The van der Waals surface area contributed by atoms with E-state index >= 15 is 0 Å². The molecule has 0 saturated carbocycles. The van der Waals surface area contributed by atoms with Crippen molar-refractivity contribution in [3.63, 3.8) is 0 Å². The normalized spacial score (nSPS) is 11.5. The molecule has 1 aromatic carbocycles. The third kappa shape index (κ3) is 3.96. The lowest BCUT2D eigenvalue weighted by Crippen LogP contribution is -2.42. The Bertz CT molecular complexity index is 805. The lowest BCUT2D eigenvalue weighted by Gasteiger charge is -2.24. The van der Waals surface area contributed by atoms with E-state index in [1.165, 1.54) is 0 Å². The topological polar surface area (TPSA) is 68.5 Å². The van der Waals surface area contributed by atoms with E-state index in [4.69, 9.17) is 9.15 Å². The molecule has 0 fully saturated rings. The summed E-state index contributed by atoms with van der Waals surface area (Å²) in [6.45, 7) is 7.87. The summed E-state index contributed by atoms with van der Waals surface area (Å²) in [5, 5.41) is 3.84. The Morgan fingerprint density at radius 3 is 2.67 bits per heavy atom. The Labute approximate surface area is 142 Å². The van der Waals surface area contributed by atoms with Gasteiger partial charge in [0.25, 0.3) is 0 Å². The molecule has 0 aliphatic carbocycles. The average Bonchev–Trinajstić information content (AvgIpc) is 2.53. The molecule has 5 heteroatoms. The van der Waals surface area contributed by atoms with E-state index in [1.807, 2.05) is 39.8 Å². The fourth-order valence-electron chi connectivity index (χ4n) is 2.56. The molecule has 1 heterocycles. The lowest BCUT2D eigenvalue weighted by molar-refractivity contribution is -0.122. The molecular formula is C19H25NO4. The van der Waals surface area contributed by atoms with E-state index in [2.05, 4.69) is 5.32 Å². The number of aryl methyl sites for hydroxylation is 1. The van der Waals surface area contributed by atoms with Gasteiger partial charge in [-0.25, -0.2) is 4.79 Å². The molecule has 0 bridgehead atoms. The van der Waals surface area contributed by atoms with Gasteiger partial charge in [0.15, 0.2) is 0 Å². The van der Waals surface area contributed by atoms with Crippen LogP contribution in [0.15, 0.2) is 27.4 Å². The van der Waals surface area contributed by atoms with Crippen LogP contribution in [0, 0.1) is 6.92 Å². The summed E-state index contributed by atoms with van der Waals surface area (Å²) in [4.78, 5) is 24.4. The first-order valence-electron chi connectivity index (χ1n) is 8.18. The Morgan fingerprint density at radius 1 is 1.33 bits per heavy atom. The van der Waals surface area contributed by atoms with Gasteiger partial charge in [-0.05, 0) is 51.3 Å². The predicted molar refractivity (Wildman–Crippen MR) is 94.6 cm³/mol. The fraction of sp³-hybridized carbons (Fsp3) is 0.474. The monoisotopic (exact) mass is 331 g/mol. The van der Waals surface area contributed by atoms with Gasteiger partial charge in [0.1, 0.15) is 11.3 Å². The number of rotatable bonds is 6. The molecule has 0 aliphatic rings. The number of carbonyl (C=O) groups is 1. The third-order valence-corrected chi connectivity index (χ3v) is 4.46. The zero-order valence-corrected chi connectivity index (χ0v) is 15.0. The maximum atomic E-state index is 12.3. The molecule has 0 saturated heterocycles. The minimum atomic E-state index is -0.393. The van der Waals surface area contributed by atoms with E-state index in [-0.39, 0.29) is 17.9 Å². The SMILES string of the molecule is CCC(C)(C)NC(=O)CCc1c(C)c2ccc(OC)cc2oc1=O. The van der Waals surface area contributed by atoms with Crippen molar-refractivity contribution in [1.29, 1.82) is 0 Å². The molecule has 0 radical (unpaired) electrons. The van der Waals surface area contributed by atoms with Gasteiger partial charge in [-0.2, -0.15) is 0 Å². The summed E-state index contributed by atoms with van der Waals surface area (Å²) in [6, 6.07) is 5.40. The molecular weight excluding hydrogens is 306 g/mol. The summed E-state index contributed by atoms with van der Waals surface area (Å²) in [7, 11) is 1.57. The van der Waals surface area contributed by atoms with Crippen molar-refractivity contribution in [2.45, 2.75) is 52.5 Å². The quantitative estimate of drug-likeness (QED) is 0.824. The van der Waals surface area contributed by atoms with Gasteiger partial charge in [0.2, 0.25) is 5.91 Å². The fourth-order valence-corrected chi connectivity index (χ4v) is 2.56. The van der Waals surface area contributed by atoms with Crippen LogP contribution in [-0.4, -0.2) is 18.6 Å². The first kappa shape index (κ1) is 18.0. The molecule has 0 aliphatic heterocycles. The van der Waals surface area contributed by atoms with E-state index in [1.54, 1.807) is 13.2 Å². The molecule has 0 unspecified atom stereocenters. The smallest absolute Gasteiger partial charge is 0.339 e. The first-order chi connectivity index (χ1) is 11.3. The number of benzene rings is 1. The zero-order chi connectivity index (χ0) is 17.9. The Hall–Kier alpha value is -2.30. The van der Waals surface area contributed by atoms with Crippen molar-refractivity contribution >= 4 is 16.9 Å². The van der Waals surface area contributed by atoms with Crippen LogP contribution in [0.5, 0.6) is 5.75 Å². The van der Waals surface area contributed by atoms with E-state index in [0.29, 0.717) is 23.3 Å². The van der Waals surface area contributed by atoms with Gasteiger partial charge in [-0.3, -0.25) is 4.79 Å². The van der Waals surface area contributed by atoms with Crippen molar-refractivity contribution < 1.29 is 13.9 Å². The van der Waals surface area contributed by atoms with Crippen LogP contribution in [0.3, 0.4) is 0 Å². The summed E-state index contributed by atoms with van der Waals surface area (Å²) in [5.74, 6) is 0.578. The molecule has 24 heavy (non-hydrogen) atoms. The first-order valence-corrected chi connectivity index (χ1v) is 8.18. The second-order valence-electron chi connectivity index (χ2n) is 6.64. The van der Waals surface area contributed by atoms with E-state index in [9.17, 15) is 9.59 Å². The maximum Gasteiger partial charge on any atom is 0.339 e. The van der Waals surface area contributed by atoms with Crippen LogP contribution < -0.4 is 15.7 Å². The summed E-state index contributed by atoms with van der Waals surface area (Å²) >= 11 is 0. The number of ether oxygens (including phenoxy) is 1. The van der Waals surface area contributed by atoms with Gasteiger partial charge >= 0.3 is 5.63 Å². The third-order valence-electron chi connectivity index (χ3n) is 4.46. The second-order valence-corrected chi connectivity index (χ2v) is 6.64. The Morgan fingerprint density at radius 2 is 2.04 bits per heavy atom. The Balaban J connectivity index is 2.24. The minimum absolute atomic E-state index is 0.0597. The van der Waals surface area contributed by atoms with Gasteiger partial charge in [-0.1, -0.05) is 6.92 Å². The van der Waals surface area contributed by atoms with Crippen LogP contribution in [0.1, 0.15) is 44.7 Å². The highest BCUT2D eigenvalue weighted by molar-refractivity contribution is 5.82. The van der Waals surface area contributed by atoms with Crippen molar-refractivity contribution in [2.75, 3.05) is 7.11 Å². The van der Waals surface area contributed by atoms with Crippen molar-refractivity contribution in [1.82, 2.24) is 5.32 Å². The highest BCUT2D eigenvalue weighted by atomic mass is 16.5. The zero-order valence-electron chi connectivity index (χ0n) is 15.0. The molecule has 2 rings (SSSR count). The molecule has 0 atom stereocenters. The lowest BCUT2D eigenvalue weighted by atomic mass is 10.00. The summed E-state index contributed by atoms with van der Waals surface area (Å²) in [6.07, 6.45) is 1.47. The van der Waals surface area contributed by atoms with Gasteiger partial charge in [0, 0.05) is 29.0 Å². The molecule has 1 N–H and O–H groups in total. The van der Waals surface area contributed by atoms with E-state index < -0.39 is 5.63 Å². The molecule has 2 aromatic rings. The van der Waals surface area contributed by atoms with Crippen LogP contribution in [0.2, 0.25) is 0 Å². The number of hydrogen-bond acceptors (Lipinski definition) is 4. The number of nitrogens with one attached hydrogen (secondary N) is 1. The highest BCUT2D eigenvalue weighted by Gasteiger charge is 2.19. The highest BCUT2D eigenvalue weighted by Crippen LogP contribution is 2.24. The molecule has 0 spiro atoms. The number of methoxy groups -OCH3 is 1. The minimum Gasteiger partial charge on any atom is -0.497 e. The van der Waals surface area contributed by atoms with Crippen LogP contribution in [0.25, 0.3) is 11.0 Å². The van der Waals surface area contributed by atoms with Crippen LogP contribution in [0.4, 0.5) is 0 Å². The number of fused-ring (bicyclic) bond motifs is 1. The molecule has 5 nitrogen and oxygen atoms in total. The average molecular weight is 331 g/mol. The van der Waals surface area contributed by atoms with Gasteiger partial charge < -0.3 is 14.5 Å². The van der Waals surface area contributed by atoms with Gasteiger partial charge in [-0.15, -0.1) is 0 Å². The van der Waals surface area contributed by atoms with Crippen molar-refractivity contribution in [3.8, 4) is 5.75 Å². The molecule has 130 valence electrons. The predicted octanol–water partition coefficient (Wildman–Crippen LogP) is 3.35. The van der Waals surface area contributed by atoms with E-state index in [0.717, 1.165) is 17.4 Å². The largest absolute Gasteiger partial charge is 0.497 e. The summed E-state index contributed by atoms with van der Waals surface area (Å²) in [5.41, 5.74) is 1.27. The van der Waals surface area contributed by atoms with Crippen LogP contribution >= 0.6 is 0 Å². The second kappa shape index (κ2) is 7.07. The number of hydrogen-bond donors (Lipinski definition) is 1. The maximum absolute atomic E-state index is 12.3.